The molecule has 1 aromatic carbocycles. The van der Waals surface area contributed by atoms with Crippen LogP contribution in [-0.4, -0.2) is 0 Å². The summed E-state index contributed by atoms with van der Waals surface area (Å²) >= 11 is 8.98. The number of hydrogen-bond acceptors (Lipinski definition) is 2. The third kappa shape index (κ3) is 3.09. The number of nitrogens with two attached hydrogens (primary N) is 1. The molecule has 0 fully saturated rings. The molecule has 2 aromatic rings. The first-order valence-electron chi connectivity index (χ1n) is 5.01. The topological polar surface area (TPSA) is 39.2 Å². The Hall–Kier alpha value is -0.840. The molecule has 0 amide bonds. The number of furan rings is 1. The molecule has 0 saturated heterocycles. The Labute approximate surface area is 112 Å². The van der Waals surface area contributed by atoms with Gasteiger partial charge in [-0.1, -0.05) is 22.0 Å². The first-order valence-corrected chi connectivity index (χ1v) is 6.18. The molecule has 0 aliphatic heterocycles. The maximum Gasteiger partial charge on any atom is 0.193 e. The van der Waals surface area contributed by atoms with Crippen LogP contribution in [0.2, 0.25) is 5.22 Å². The summed E-state index contributed by atoms with van der Waals surface area (Å²) in [6.07, 6.45) is 0.546. The van der Waals surface area contributed by atoms with E-state index < -0.39 is 0 Å². The summed E-state index contributed by atoms with van der Waals surface area (Å²) in [4.78, 5) is 0. The molecule has 1 unspecified atom stereocenters. The quantitative estimate of drug-likeness (QED) is 0.926. The summed E-state index contributed by atoms with van der Waals surface area (Å²) in [6, 6.07) is 7.60. The van der Waals surface area contributed by atoms with Gasteiger partial charge >= 0.3 is 0 Å². The fourth-order valence-electron chi connectivity index (χ4n) is 1.55. The maximum absolute atomic E-state index is 12.9. The normalized spacial score (nSPS) is 12.7. The lowest BCUT2D eigenvalue weighted by atomic mass is 10.0. The zero-order valence-electron chi connectivity index (χ0n) is 8.79. The zero-order valence-corrected chi connectivity index (χ0v) is 11.1. The van der Waals surface area contributed by atoms with E-state index in [1.165, 1.54) is 12.1 Å². The van der Waals surface area contributed by atoms with E-state index in [0.717, 1.165) is 5.56 Å². The molecule has 2 nitrogen and oxygen atoms in total. The van der Waals surface area contributed by atoms with E-state index in [9.17, 15) is 4.39 Å². The third-order valence-electron chi connectivity index (χ3n) is 2.41. The van der Waals surface area contributed by atoms with Crippen LogP contribution in [0.5, 0.6) is 0 Å². The third-order valence-corrected chi connectivity index (χ3v) is 3.36. The molecular weight excluding hydrogens is 308 g/mol. The van der Waals surface area contributed by atoms with Crippen molar-refractivity contribution in [3.05, 3.63) is 57.2 Å². The molecule has 1 atom stereocenters. The van der Waals surface area contributed by atoms with Crippen LogP contribution >= 0.6 is 27.5 Å². The van der Waals surface area contributed by atoms with Crippen molar-refractivity contribution in [3.63, 3.8) is 0 Å². The van der Waals surface area contributed by atoms with Gasteiger partial charge in [0, 0.05) is 4.47 Å². The van der Waals surface area contributed by atoms with Gasteiger partial charge < -0.3 is 10.2 Å². The molecule has 5 heteroatoms. The fraction of sp³-hybridized carbons (Fsp3) is 0.167. The average Bonchev–Trinajstić information content (AvgIpc) is 2.69. The molecule has 0 aliphatic rings. The van der Waals surface area contributed by atoms with Crippen molar-refractivity contribution in [3.8, 4) is 0 Å². The van der Waals surface area contributed by atoms with Crippen molar-refractivity contribution in [1.29, 1.82) is 0 Å². The summed E-state index contributed by atoms with van der Waals surface area (Å²) in [5, 5.41) is 0.314. The highest BCUT2D eigenvalue weighted by Gasteiger charge is 2.13. The van der Waals surface area contributed by atoms with Gasteiger partial charge in [0.15, 0.2) is 5.22 Å². The Balaban J connectivity index is 2.15. The van der Waals surface area contributed by atoms with Crippen molar-refractivity contribution in [2.24, 2.45) is 5.73 Å². The number of halogens is 3. The molecule has 0 spiro atoms. The van der Waals surface area contributed by atoms with Gasteiger partial charge in [-0.3, -0.25) is 0 Å². The first kappa shape index (κ1) is 12.6. The summed E-state index contributed by atoms with van der Waals surface area (Å²) in [5.74, 6) is 0.335. The van der Waals surface area contributed by atoms with Crippen molar-refractivity contribution in [1.82, 2.24) is 0 Å². The molecule has 0 radical (unpaired) electrons. The zero-order chi connectivity index (χ0) is 12.4. The van der Waals surface area contributed by atoms with E-state index >= 15 is 0 Å². The van der Waals surface area contributed by atoms with Gasteiger partial charge in [0.2, 0.25) is 0 Å². The monoisotopic (exact) mass is 317 g/mol. The molecule has 90 valence electrons. The molecule has 1 aromatic heterocycles. The predicted octanol–water partition coefficient (Wildman–Crippen LogP) is 4.08. The van der Waals surface area contributed by atoms with E-state index in [4.69, 9.17) is 21.8 Å². The lowest BCUT2D eigenvalue weighted by Gasteiger charge is -2.10. The molecule has 0 saturated carbocycles. The van der Waals surface area contributed by atoms with Crippen LogP contribution in [0.1, 0.15) is 17.4 Å². The molecule has 17 heavy (non-hydrogen) atoms. The molecule has 1 heterocycles. The van der Waals surface area contributed by atoms with Crippen molar-refractivity contribution < 1.29 is 8.81 Å². The van der Waals surface area contributed by atoms with E-state index in [0.29, 0.717) is 21.9 Å². The van der Waals surface area contributed by atoms with E-state index in [1.807, 2.05) is 0 Å². The van der Waals surface area contributed by atoms with Crippen LogP contribution in [0.3, 0.4) is 0 Å². The van der Waals surface area contributed by atoms with Crippen LogP contribution in [0, 0.1) is 5.82 Å². The Morgan fingerprint density at radius 3 is 2.71 bits per heavy atom. The Bertz CT molecular complexity index is 529. The second-order valence-electron chi connectivity index (χ2n) is 3.69. The standard InChI is InChI=1S/C12H10BrClFNO/c13-9-6-8(15)2-1-7(9)5-10(16)11-3-4-12(14)17-11/h1-4,6,10H,5,16H2. The highest BCUT2D eigenvalue weighted by molar-refractivity contribution is 9.10. The van der Waals surface area contributed by atoms with E-state index in [1.54, 1.807) is 18.2 Å². The first-order chi connectivity index (χ1) is 8.06. The van der Waals surface area contributed by atoms with Gasteiger partial charge in [-0.25, -0.2) is 4.39 Å². The Kier molecular flexibility index (Phi) is 3.86. The maximum atomic E-state index is 12.9. The second-order valence-corrected chi connectivity index (χ2v) is 4.92. The van der Waals surface area contributed by atoms with Crippen molar-refractivity contribution in [2.75, 3.05) is 0 Å². The minimum atomic E-state index is -0.302. The SMILES string of the molecule is NC(Cc1ccc(F)cc1Br)c1ccc(Cl)o1. The van der Waals surface area contributed by atoms with Crippen LogP contribution in [0.15, 0.2) is 39.2 Å². The minimum Gasteiger partial charge on any atom is -0.448 e. The van der Waals surface area contributed by atoms with Gasteiger partial charge in [-0.2, -0.15) is 0 Å². The molecule has 0 aliphatic carbocycles. The van der Waals surface area contributed by atoms with Crippen LogP contribution in [0.4, 0.5) is 4.39 Å². The smallest absolute Gasteiger partial charge is 0.193 e. The van der Waals surface area contributed by atoms with Gasteiger partial charge in [0.25, 0.3) is 0 Å². The number of benzene rings is 1. The van der Waals surface area contributed by atoms with E-state index in [-0.39, 0.29) is 11.9 Å². The van der Waals surface area contributed by atoms with Crippen LogP contribution in [-0.2, 0) is 6.42 Å². The van der Waals surface area contributed by atoms with Crippen LogP contribution in [0.25, 0.3) is 0 Å². The lowest BCUT2D eigenvalue weighted by molar-refractivity contribution is 0.466. The molecule has 2 rings (SSSR count). The van der Waals surface area contributed by atoms with E-state index in [2.05, 4.69) is 15.9 Å². The Morgan fingerprint density at radius 1 is 1.35 bits per heavy atom. The fourth-order valence-corrected chi connectivity index (χ4v) is 2.22. The highest BCUT2D eigenvalue weighted by Crippen LogP contribution is 2.25. The highest BCUT2D eigenvalue weighted by atomic mass is 79.9. The largest absolute Gasteiger partial charge is 0.448 e. The predicted molar refractivity (Wildman–Crippen MR) is 68.5 cm³/mol. The summed E-state index contributed by atoms with van der Waals surface area (Å²) in [6.45, 7) is 0. The molecule has 0 bridgehead atoms. The minimum absolute atomic E-state index is 0.282. The second kappa shape index (κ2) is 5.21. The van der Waals surface area contributed by atoms with Gasteiger partial charge in [-0.05, 0) is 47.9 Å². The van der Waals surface area contributed by atoms with Crippen LogP contribution < -0.4 is 5.73 Å². The number of rotatable bonds is 3. The average molecular weight is 319 g/mol. The van der Waals surface area contributed by atoms with Gasteiger partial charge in [0.1, 0.15) is 11.6 Å². The molecular formula is C12H10BrClFNO. The van der Waals surface area contributed by atoms with Crippen molar-refractivity contribution >= 4 is 27.5 Å². The van der Waals surface area contributed by atoms with Gasteiger partial charge in [0.05, 0.1) is 6.04 Å². The van der Waals surface area contributed by atoms with Gasteiger partial charge in [-0.15, -0.1) is 0 Å². The summed E-state index contributed by atoms with van der Waals surface area (Å²) < 4.78 is 18.8. The Morgan fingerprint density at radius 2 is 2.12 bits per heavy atom. The number of hydrogen-bond donors (Lipinski definition) is 1. The van der Waals surface area contributed by atoms with Crippen molar-refractivity contribution in [2.45, 2.75) is 12.5 Å². The summed E-state index contributed by atoms with van der Waals surface area (Å²) in [5.41, 5.74) is 6.90. The lowest BCUT2D eigenvalue weighted by Crippen LogP contribution is -2.12. The molecule has 2 N–H and O–H groups in total. The summed E-state index contributed by atoms with van der Waals surface area (Å²) in [7, 11) is 0.